The smallest absolute Gasteiger partial charge is 0.204 e. The molecule has 0 amide bonds. The number of rotatable bonds is 3. The first kappa shape index (κ1) is 14.9. The summed E-state index contributed by atoms with van der Waals surface area (Å²) in [6.07, 6.45) is 1.14. The SMILES string of the molecule is CS(=O)(=O)c1ccc(C(=O)c2scc(Br)c2Br)cc1. The summed E-state index contributed by atoms with van der Waals surface area (Å²) in [5.74, 6) is -0.136. The summed E-state index contributed by atoms with van der Waals surface area (Å²) in [5, 5.41) is 1.82. The van der Waals surface area contributed by atoms with Gasteiger partial charge in [-0.15, -0.1) is 11.3 Å². The number of ketones is 1. The molecule has 0 aliphatic carbocycles. The van der Waals surface area contributed by atoms with Crippen LogP contribution in [0.1, 0.15) is 15.2 Å². The Bertz CT molecular complexity index is 731. The van der Waals surface area contributed by atoms with E-state index in [0.29, 0.717) is 10.4 Å². The topological polar surface area (TPSA) is 51.2 Å². The third kappa shape index (κ3) is 3.16. The Hall–Kier alpha value is -0.500. The van der Waals surface area contributed by atoms with Crippen LogP contribution in [0.4, 0.5) is 0 Å². The maximum Gasteiger partial charge on any atom is 0.204 e. The highest BCUT2D eigenvalue weighted by Crippen LogP contribution is 2.34. The van der Waals surface area contributed by atoms with Crippen LogP contribution >= 0.6 is 43.2 Å². The number of benzene rings is 1. The van der Waals surface area contributed by atoms with Crippen LogP contribution in [0.5, 0.6) is 0 Å². The maximum absolute atomic E-state index is 12.3. The van der Waals surface area contributed by atoms with Crippen molar-refractivity contribution in [1.82, 2.24) is 0 Å². The van der Waals surface area contributed by atoms with Crippen molar-refractivity contribution in [3.8, 4) is 0 Å². The number of halogens is 2. The van der Waals surface area contributed by atoms with E-state index in [2.05, 4.69) is 31.9 Å². The Kier molecular flexibility index (Phi) is 4.29. The van der Waals surface area contributed by atoms with E-state index in [-0.39, 0.29) is 10.7 Å². The molecule has 0 radical (unpaired) electrons. The lowest BCUT2D eigenvalue weighted by molar-refractivity contribution is 0.104. The first-order chi connectivity index (χ1) is 8.80. The van der Waals surface area contributed by atoms with Gasteiger partial charge in [0.25, 0.3) is 0 Å². The number of hydrogen-bond donors (Lipinski definition) is 0. The van der Waals surface area contributed by atoms with Gasteiger partial charge in [-0.25, -0.2) is 8.42 Å². The van der Waals surface area contributed by atoms with E-state index in [0.717, 1.165) is 15.2 Å². The van der Waals surface area contributed by atoms with Crippen molar-refractivity contribution in [2.45, 2.75) is 4.90 Å². The van der Waals surface area contributed by atoms with Gasteiger partial charge in [-0.1, -0.05) is 0 Å². The molecule has 1 heterocycles. The second-order valence-corrected chi connectivity index (χ2v) is 8.40. The highest BCUT2D eigenvalue weighted by Gasteiger charge is 2.17. The molecule has 2 rings (SSSR count). The molecule has 0 unspecified atom stereocenters. The van der Waals surface area contributed by atoms with Crippen molar-refractivity contribution in [3.05, 3.63) is 49.0 Å². The minimum absolute atomic E-state index is 0.136. The van der Waals surface area contributed by atoms with Crippen LogP contribution in [0.3, 0.4) is 0 Å². The average molecular weight is 424 g/mol. The summed E-state index contributed by atoms with van der Waals surface area (Å²) in [4.78, 5) is 13.0. The number of carbonyl (C=O) groups excluding carboxylic acids is 1. The van der Waals surface area contributed by atoms with Crippen molar-refractivity contribution in [3.63, 3.8) is 0 Å². The van der Waals surface area contributed by atoms with E-state index in [1.807, 2.05) is 5.38 Å². The Labute approximate surface area is 131 Å². The minimum Gasteiger partial charge on any atom is -0.288 e. The summed E-state index contributed by atoms with van der Waals surface area (Å²) in [7, 11) is -3.24. The summed E-state index contributed by atoms with van der Waals surface area (Å²) >= 11 is 8.00. The van der Waals surface area contributed by atoms with Gasteiger partial charge >= 0.3 is 0 Å². The monoisotopic (exact) mass is 422 g/mol. The molecule has 0 spiro atoms. The molecular formula is C12H8Br2O3S2. The molecule has 2 aromatic rings. The quantitative estimate of drug-likeness (QED) is 0.703. The second kappa shape index (κ2) is 5.47. The van der Waals surface area contributed by atoms with Crippen molar-refractivity contribution >= 4 is 58.8 Å². The van der Waals surface area contributed by atoms with Crippen LogP contribution in [0.2, 0.25) is 0 Å². The molecule has 7 heteroatoms. The number of sulfone groups is 1. The zero-order valence-corrected chi connectivity index (χ0v) is 14.5. The highest BCUT2D eigenvalue weighted by molar-refractivity contribution is 9.13. The van der Waals surface area contributed by atoms with Crippen molar-refractivity contribution < 1.29 is 13.2 Å². The van der Waals surface area contributed by atoms with Crippen LogP contribution in [-0.4, -0.2) is 20.5 Å². The maximum atomic E-state index is 12.3. The molecule has 0 aliphatic heterocycles. The molecule has 100 valence electrons. The molecule has 0 saturated carbocycles. The lowest BCUT2D eigenvalue weighted by atomic mass is 10.1. The van der Waals surface area contributed by atoms with Gasteiger partial charge in [-0.2, -0.15) is 0 Å². The van der Waals surface area contributed by atoms with E-state index < -0.39 is 9.84 Å². The fraction of sp³-hybridized carbons (Fsp3) is 0.0833. The normalized spacial score (nSPS) is 11.5. The zero-order valence-electron chi connectivity index (χ0n) is 9.68. The third-order valence-electron chi connectivity index (χ3n) is 2.44. The third-order valence-corrected chi connectivity index (χ3v) is 7.09. The lowest BCUT2D eigenvalue weighted by Gasteiger charge is -2.02. The lowest BCUT2D eigenvalue weighted by Crippen LogP contribution is -2.01. The van der Waals surface area contributed by atoms with Gasteiger partial charge in [0.05, 0.1) is 14.2 Å². The number of carbonyl (C=O) groups is 1. The molecule has 0 saturated heterocycles. The Morgan fingerprint density at radius 2 is 1.74 bits per heavy atom. The number of hydrogen-bond acceptors (Lipinski definition) is 4. The second-order valence-electron chi connectivity index (χ2n) is 3.85. The van der Waals surface area contributed by atoms with Crippen LogP contribution in [0, 0.1) is 0 Å². The Morgan fingerprint density at radius 1 is 1.16 bits per heavy atom. The molecule has 1 aromatic heterocycles. The van der Waals surface area contributed by atoms with Crippen molar-refractivity contribution in [2.75, 3.05) is 6.26 Å². The Balaban J connectivity index is 2.38. The largest absolute Gasteiger partial charge is 0.288 e. The Morgan fingerprint density at radius 3 is 2.16 bits per heavy atom. The predicted molar refractivity (Wildman–Crippen MR) is 82.7 cm³/mol. The fourth-order valence-corrected chi connectivity index (χ4v) is 4.20. The van der Waals surface area contributed by atoms with Crippen molar-refractivity contribution in [2.24, 2.45) is 0 Å². The molecule has 0 fully saturated rings. The standard InChI is InChI=1S/C12H8Br2O3S2/c1-19(16,17)8-4-2-7(3-5-8)11(15)12-10(14)9(13)6-18-12/h2-6H,1H3. The molecule has 0 N–H and O–H groups in total. The fourth-order valence-electron chi connectivity index (χ4n) is 1.46. The van der Waals surface area contributed by atoms with Gasteiger partial charge < -0.3 is 0 Å². The molecule has 0 bridgehead atoms. The molecule has 1 aromatic carbocycles. The van der Waals surface area contributed by atoms with E-state index in [1.54, 1.807) is 0 Å². The summed E-state index contributed by atoms with van der Waals surface area (Å²) in [6, 6.07) is 5.94. The summed E-state index contributed by atoms with van der Waals surface area (Å²) in [5.41, 5.74) is 0.461. The van der Waals surface area contributed by atoms with E-state index in [1.165, 1.54) is 35.6 Å². The number of thiophene rings is 1. The van der Waals surface area contributed by atoms with Crippen LogP contribution in [-0.2, 0) is 9.84 Å². The van der Waals surface area contributed by atoms with E-state index >= 15 is 0 Å². The van der Waals surface area contributed by atoms with Gasteiger partial charge in [0.15, 0.2) is 9.84 Å². The van der Waals surface area contributed by atoms with Crippen molar-refractivity contribution in [1.29, 1.82) is 0 Å². The predicted octanol–water partition coefficient (Wildman–Crippen LogP) is 3.91. The van der Waals surface area contributed by atoms with Gasteiger partial charge in [-0.3, -0.25) is 4.79 Å². The minimum atomic E-state index is -3.24. The molecule has 0 aliphatic rings. The van der Waals surface area contributed by atoms with Crippen LogP contribution < -0.4 is 0 Å². The summed E-state index contributed by atoms with van der Waals surface area (Å²) < 4.78 is 24.2. The average Bonchev–Trinajstić information content (AvgIpc) is 2.68. The molecule has 19 heavy (non-hydrogen) atoms. The van der Waals surface area contributed by atoms with E-state index in [9.17, 15) is 13.2 Å². The highest BCUT2D eigenvalue weighted by atomic mass is 79.9. The first-order valence-electron chi connectivity index (χ1n) is 5.08. The zero-order chi connectivity index (χ0) is 14.2. The van der Waals surface area contributed by atoms with Gasteiger partial charge in [-0.05, 0) is 56.1 Å². The summed E-state index contributed by atoms with van der Waals surface area (Å²) in [6.45, 7) is 0. The molecule has 3 nitrogen and oxygen atoms in total. The molecular weight excluding hydrogens is 416 g/mol. The molecule has 0 atom stereocenters. The first-order valence-corrected chi connectivity index (χ1v) is 9.43. The van der Waals surface area contributed by atoms with Gasteiger partial charge in [0.2, 0.25) is 5.78 Å². The van der Waals surface area contributed by atoms with Crippen LogP contribution in [0.15, 0.2) is 43.5 Å². The van der Waals surface area contributed by atoms with Crippen LogP contribution in [0.25, 0.3) is 0 Å². The van der Waals surface area contributed by atoms with Gasteiger partial charge in [0.1, 0.15) is 0 Å². The van der Waals surface area contributed by atoms with E-state index in [4.69, 9.17) is 0 Å². The van der Waals surface area contributed by atoms with Gasteiger partial charge in [0, 0.05) is 21.7 Å².